The van der Waals surface area contributed by atoms with E-state index in [1.807, 2.05) is 20.8 Å². The van der Waals surface area contributed by atoms with Crippen molar-refractivity contribution in [3.05, 3.63) is 23.8 Å². The van der Waals surface area contributed by atoms with Crippen LogP contribution in [0.5, 0.6) is 5.75 Å². The number of anilines is 1. The van der Waals surface area contributed by atoms with Gasteiger partial charge in [0.1, 0.15) is 12.4 Å². The van der Waals surface area contributed by atoms with Gasteiger partial charge in [0.25, 0.3) is 5.91 Å². The molecule has 0 unspecified atom stereocenters. The van der Waals surface area contributed by atoms with Gasteiger partial charge in [-0.15, -0.1) is 0 Å². The van der Waals surface area contributed by atoms with Gasteiger partial charge in [0.2, 0.25) is 0 Å². The topological polar surface area (TPSA) is 49.8 Å². The number of ether oxygens (including phenoxy) is 1. The predicted molar refractivity (Wildman–Crippen MR) is 67.4 cm³/mol. The van der Waals surface area contributed by atoms with Gasteiger partial charge >= 0.3 is 0 Å². The van der Waals surface area contributed by atoms with Gasteiger partial charge in [-0.25, -0.2) is 0 Å². The zero-order chi connectivity index (χ0) is 12.8. The minimum atomic E-state index is -0.0944. The number of amides is 1. The zero-order valence-corrected chi connectivity index (χ0v) is 10.6. The lowest BCUT2D eigenvalue weighted by Gasteiger charge is -2.23. The molecule has 0 saturated heterocycles. The van der Waals surface area contributed by atoms with Crippen LogP contribution in [0.4, 0.5) is 5.69 Å². The van der Waals surface area contributed by atoms with Crippen molar-refractivity contribution < 1.29 is 14.6 Å². The van der Waals surface area contributed by atoms with Crippen molar-refractivity contribution in [2.75, 3.05) is 24.7 Å². The van der Waals surface area contributed by atoms with Gasteiger partial charge in [0.05, 0.1) is 5.69 Å². The van der Waals surface area contributed by atoms with Gasteiger partial charge in [0, 0.05) is 19.2 Å². The molecule has 0 bridgehead atoms. The van der Waals surface area contributed by atoms with Crippen LogP contribution < -0.4 is 4.90 Å². The molecule has 0 spiro atoms. The van der Waals surface area contributed by atoms with Crippen LogP contribution in [0.25, 0.3) is 0 Å². The van der Waals surface area contributed by atoms with Gasteiger partial charge < -0.3 is 14.7 Å². The predicted octanol–water partition coefficient (Wildman–Crippen LogP) is 2.09. The number of likely N-dealkylation sites (N-methyl/N-ethyl adjacent to an activating group) is 1. The third-order valence-corrected chi connectivity index (χ3v) is 2.53. The lowest BCUT2D eigenvalue weighted by atomic mass is 10.1. The van der Waals surface area contributed by atoms with Crippen molar-refractivity contribution >= 4 is 11.6 Å². The number of carbonyl (C=O) groups is 1. The lowest BCUT2D eigenvalue weighted by molar-refractivity contribution is -0.122. The first-order valence-electron chi connectivity index (χ1n) is 5.77. The minimum absolute atomic E-state index is 0.0689. The van der Waals surface area contributed by atoms with Crippen molar-refractivity contribution in [1.29, 1.82) is 0 Å². The van der Waals surface area contributed by atoms with E-state index in [4.69, 9.17) is 4.74 Å². The normalized spacial score (nSPS) is 10.3. The van der Waals surface area contributed by atoms with Crippen LogP contribution in [0.1, 0.15) is 19.4 Å². The van der Waals surface area contributed by atoms with Crippen LogP contribution in [0.2, 0.25) is 0 Å². The molecule has 1 rings (SSSR count). The lowest BCUT2D eigenvalue weighted by Crippen LogP contribution is -2.34. The van der Waals surface area contributed by atoms with Crippen molar-refractivity contribution in [2.24, 2.45) is 0 Å². The fraction of sp³-hybridized carbons (Fsp3) is 0.462. The molecule has 0 radical (unpaired) electrons. The van der Waals surface area contributed by atoms with Crippen LogP contribution in [0.3, 0.4) is 0 Å². The number of benzene rings is 1. The second kappa shape index (κ2) is 6.25. The Balaban J connectivity index is 2.92. The highest BCUT2D eigenvalue weighted by atomic mass is 16.5. The van der Waals surface area contributed by atoms with Crippen LogP contribution in [0.15, 0.2) is 18.2 Å². The quantitative estimate of drug-likeness (QED) is 0.853. The molecule has 1 aromatic rings. The molecular formula is C13H19NO3. The molecule has 1 N–H and O–H groups in total. The molecule has 94 valence electrons. The maximum absolute atomic E-state index is 11.9. The van der Waals surface area contributed by atoms with E-state index in [-0.39, 0.29) is 18.3 Å². The second-order valence-electron chi connectivity index (χ2n) is 3.75. The van der Waals surface area contributed by atoms with E-state index in [0.717, 1.165) is 11.3 Å². The average molecular weight is 237 g/mol. The summed E-state index contributed by atoms with van der Waals surface area (Å²) in [6.07, 6.45) is 0. The van der Waals surface area contributed by atoms with Crippen molar-refractivity contribution in [3.8, 4) is 5.75 Å². The summed E-state index contributed by atoms with van der Waals surface area (Å²) in [5.74, 6) is 0.0660. The van der Waals surface area contributed by atoms with E-state index in [1.165, 1.54) is 0 Å². The van der Waals surface area contributed by atoms with Gasteiger partial charge in [-0.05, 0) is 32.4 Å². The molecule has 1 amide bonds. The van der Waals surface area contributed by atoms with E-state index in [1.54, 1.807) is 23.1 Å². The Labute approximate surface area is 102 Å². The Morgan fingerprint density at radius 2 is 2.12 bits per heavy atom. The summed E-state index contributed by atoms with van der Waals surface area (Å²) in [5, 5.41) is 9.47. The Hall–Kier alpha value is -1.55. The van der Waals surface area contributed by atoms with Crippen LogP contribution >= 0.6 is 0 Å². The van der Waals surface area contributed by atoms with Gasteiger partial charge in [-0.3, -0.25) is 4.79 Å². The number of rotatable bonds is 5. The summed E-state index contributed by atoms with van der Waals surface area (Å²) in [5.41, 5.74) is 1.69. The van der Waals surface area contributed by atoms with Crippen LogP contribution in [0, 0.1) is 6.92 Å². The highest BCUT2D eigenvalue weighted by molar-refractivity contribution is 5.95. The molecular weight excluding hydrogens is 218 g/mol. The monoisotopic (exact) mass is 237 g/mol. The molecule has 0 aromatic heterocycles. The van der Waals surface area contributed by atoms with Gasteiger partial charge in [-0.2, -0.15) is 0 Å². The van der Waals surface area contributed by atoms with Crippen molar-refractivity contribution in [1.82, 2.24) is 0 Å². The zero-order valence-electron chi connectivity index (χ0n) is 10.6. The Bertz CT molecular complexity index is 390. The number of hydrogen-bond acceptors (Lipinski definition) is 3. The van der Waals surface area contributed by atoms with E-state index < -0.39 is 0 Å². The summed E-state index contributed by atoms with van der Waals surface area (Å²) < 4.78 is 5.12. The largest absolute Gasteiger partial charge is 0.508 e. The maximum Gasteiger partial charge on any atom is 0.252 e. The standard InChI is InChI=1S/C13H19NO3/c1-4-14(13(16)9-17-5-2)12-8-11(15)7-6-10(12)3/h6-8,15H,4-5,9H2,1-3H3. The van der Waals surface area contributed by atoms with Gasteiger partial charge in [0.15, 0.2) is 0 Å². The summed E-state index contributed by atoms with van der Waals surface area (Å²) >= 11 is 0. The molecule has 0 fully saturated rings. The molecule has 0 aliphatic heterocycles. The highest BCUT2D eigenvalue weighted by Gasteiger charge is 2.16. The third kappa shape index (κ3) is 3.46. The number of phenolic OH excluding ortho intramolecular Hbond substituents is 1. The van der Waals surface area contributed by atoms with E-state index in [9.17, 15) is 9.90 Å². The second-order valence-corrected chi connectivity index (χ2v) is 3.75. The molecule has 0 aliphatic rings. The first-order valence-corrected chi connectivity index (χ1v) is 5.77. The third-order valence-electron chi connectivity index (χ3n) is 2.53. The molecule has 0 heterocycles. The number of aromatic hydroxyl groups is 1. The molecule has 4 nitrogen and oxygen atoms in total. The first kappa shape index (κ1) is 13.5. The highest BCUT2D eigenvalue weighted by Crippen LogP contribution is 2.24. The number of hydrogen-bond donors (Lipinski definition) is 1. The summed E-state index contributed by atoms with van der Waals surface area (Å²) in [4.78, 5) is 13.5. The van der Waals surface area contributed by atoms with E-state index in [2.05, 4.69) is 0 Å². The molecule has 17 heavy (non-hydrogen) atoms. The Morgan fingerprint density at radius 3 is 2.71 bits per heavy atom. The Kier molecular flexibility index (Phi) is 4.97. The Morgan fingerprint density at radius 1 is 1.41 bits per heavy atom. The van der Waals surface area contributed by atoms with Crippen LogP contribution in [-0.2, 0) is 9.53 Å². The maximum atomic E-state index is 11.9. The molecule has 4 heteroatoms. The smallest absolute Gasteiger partial charge is 0.252 e. The molecule has 1 aromatic carbocycles. The van der Waals surface area contributed by atoms with Crippen molar-refractivity contribution in [3.63, 3.8) is 0 Å². The number of nitrogens with zero attached hydrogens (tertiary/aromatic N) is 1. The van der Waals surface area contributed by atoms with Gasteiger partial charge in [-0.1, -0.05) is 6.07 Å². The fourth-order valence-electron chi connectivity index (χ4n) is 1.64. The average Bonchev–Trinajstić information content (AvgIpc) is 2.32. The number of phenols is 1. The molecule has 0 atom stereocenters. The minimum Gasteiger partial charge on any atom is -0.508 e. The van der Waals surface area contributed by atoms with E-state index >= 15 is 0 Å². The fourth-order valence-corrected chi connectivity index (χ4v) is 1.64. The summed E-state index contributed by atoms with van der Waals surface area (Å²) in [6.45, 7) is 6.79. The number of carbonyl (C=O) groups excluding carboxylic acids is 1. The molecule has 0 saturated carbocycles. The van der Waals surface area contributed by atoms with E-state index in [0.29, 0.717) is 13.2 Å². The molecule has 0 aliphatic carbocycles. The first-order chi connectivity index (χ1) is 8.10. The van der Waals surface area contributed by atoms with Crippen LogP contribution in [-0.4, -0.2) is 30.8 Å². The van der Waals surface area contributed by atoms with Crippen molar-refractivity contribution in [2.45, 2.75) is 20.8 Å². The SMILES string of the molecule is CCOCC(=O)N(CC)c1cc(O)ccc1C. The summed E-state index contributed by atoms with van der Waals surface area (Å²) in [6, 6.07) is 5.00. The summed E-state index contributed by atoms with van der Waals surface area (Å²) in [7, 11) is 0. The number of aryl methyl sites for hydroxylation is 1.